The van der Waals surface area contributed by atoms with Crippen molar-refractivity contribution in [1.82, 2.24) is 9.88 Å². The summed E-state index contributed by atoms with van der Waals surface area (Å²) >= 11 is 0. The minimum absolute atomic E-state index is 0.0451. The minimum atomic E-state index is -0.781. The zero-order valence-electron chi connectivity index (χ0n) is 12.4. The number of carbonyl (C=O) groups excluding carboxylic acids is 1. The van der Waals surface area contributed by atoms with Crippen LogP contribution in [0.4, 0.5) is 0 Å². The highest BCUT2D eigenvalue weighted by Gasteiger charge is 2.38. The number of hydrogen-bond acceptors (Lipinski definition) is 3. The van der Waals surface area contributed by atoms with Gasteiger partial charge in [0.1, 0.15) is 0 Å². The second-order valence-electron chi connectivity index (χ2n) is 5.65. The van der Waals surface area contributed by atoms with E-state index < -0.39 is 11.9 Å². The molecule has 0 spiro atoms. The SMILES string of the molecule is CCCC1CN(C(=O)CCc2cccnc2)CC1C(=O)O. The molecule has 5 nitrogen and oxygen atoms in total. The molecular formula is C16H22N2O3. The number of rotatable bonds is 6. The lowest BCUT2D eigenvalue weighted by atomic mass is 9.92. The van der Waals surface area contributed by atoms with E-state index in [1.165, 1.54) is 0 Å². The first kappa shape index (κ1) is 15.5. The summed E-state index contributed by atoms with van der Waals surface area (Å²) in [5, 5.41) is 9.27. The first-order chi connectivity index (χ1) is 10.1. The summed E-state index contributed by atoms with van der Waals surface area (Å²) in [4.78, 5) is 29.3. The van der Waals surface area contributed by atoms with E-state index in [1.54, 1.807) is 17.3 Å². The summed E-state index contributed by atoms with van der Waals surface area (Å²) in [6, 6.07) is 3.80. The fourth-order valence-corrected chi connectivity index (χ4v) is 2.97. The first-order valence-electron chi connectivity index (χ1n) is 7.51. The van der Waals surface area contributed by atoms with Crippen LogP contribution in [0, 0.1) is 11.8 Å². The molecule has 0 bridgehead atoms. The van der Waals surface area contributed by atoms with Gasteiger partial charge in [-0.3, -0.25) is 14.6 Å². The number of aryl methyl sites for hydroxylation is 1. The second-order valence-corrected chi connectivity index (χ2v) is 5.65. The molecule has 5 heteroatoms. The number of carbonyl (C=O) groups is 2. The van der Waals surface area contributed by atoms with Crippen molar-refractivity contribution in [1.29, 1.82) is 0 Å². The summed E-state index contributed by atoms with van der Waals surface area (Å²) in [6.07, 6.45) is 6.35. The zero-order valence-corrected chi connectivity index (χ0v) is 12.4. The average Bonchev–Trinajstić information content (AvgIpc) is 2.90. The van der Waals surface area contributed by atoms with Gasteiger partial charge in [-0.2, -0.15) is 0 Å². The number of likely N-dealkylation sites (tertiary alicyclic amines) is 1. The van der Waals surface area contributed by atoms with Gasteiger partial charge in [0.05, 0.1) is 5.92 Å². The molecule has 2 unspecified atom stereocenters. The van der Waals surface area contributed by atoms with E-state index in [4.69, 9.17) is 0 Å². The summed E-state index contributed by atoms with van der Waals surface area (Å²) in [7, 11) is 0. The van der Waals surface area contributed by atoms with Crippen molar-refractivity contribution < 1.29 is 14.7 Å². The third-order valence-electron chi connectivity index (χ3n) is 4.12. The van der Waals surface area contributed by atoms with Crippen LogP contribution < -0.4 is 0 Å². The van der Waals surface area contributed by atoms with Crippen molar-refractivity contribution in [3.8, 4) is 0 Å². The van der Waals surface area contributed by atoms with Gasteiger partial charge in [-0.15, -0.1) is 0 Å². The molecular weight excluding hydrogens is 268 g/mol. The van der Waals surface area contributed by atoms with Crippen LogP contribution in [-0.4, -0.2) is 40.0 Å². The molecule has 1 N–H and O–H groups in total. The van der Waals surface area contributed by atoms with Crippen molar-refractivity contribution in [2.45, 2.75) is 32.6 Å². The number of carboxylic acids is 1. The molecule has 0 radical (unpaired) electrons. The van der Waals surface area contributed by atoms with Gasteiger partial charge < -0.3 is 10.0 Å². The molecule has 114 valence electrons. The maximum atomic E-state index is 12.2. The highest BCUT2D eigenvalue weighted by atomic mass is 16.4. The molecule has 1 saturated heterocycles. The number of amides is 1. The van der Waals surface area contributed by atoms with Crippen molar-refractivity contribution in [2.24, 2.45) is 11.8 Å². The summed E-state index contributed by atoms with van der Waals surface area (Å²) in [6.45, 7) is 2.98. The molecule has 0 aliphatic carbocycles. The molecule has 21 heavy (non-hydrogen) atoms. The van der Waals surface area contributed by atoms with Gasteiger partial charge >= 0.3 is 5.97 Å². The Balaban J connectivity index is 1.89. The standard InChI is InChI=1S/C16H22N2O3/c1-2-4-13-10-18(11-14(13)16(20)21)15(19)7-6-12-5-3-8-17-9-12/h3,5,8-9,13-14H,2,4,6-7,10-11H2,1H3,(H,20,21). The monoisotopic (exact) mass is 290 g/mol. The number of aliphatic carboxylic acids is 1. The second kappa shape index (κ2) is 7.20. The molecule has 2 atom stereocenters. The summed E-state index contributed by atoms with van der Waals surface area (Å²) < 4.78 is 0. The van der Waals surface area contributed by atoms with Gasteiger partial charge in [0, 0.05) is 31.9 Å². The molecule has 2 rings (SSSR count). The van der Waals surface area contributed by atoms with E-state index in [9.17, 15) is 14.7 Å². The Kier molecular flexibility index (Phi) is 5.31. The van der Waals surface area contributed by atoms with Crippen LogP contribution in [0.1, 0.15) is 31.7 Å². The van der Waals surface area contributed by atoms with Crippen molar-refractivity contribution in [3.63, 3.8) is 0 Å². The number of carboxylic acid groups (broad SMARTS) is 1. The maximum absolute atomic E-state index is 12.2. The summed E-state index contributed by atoms with van der Waals surface area (Å²) in [5.41, 5.74) is 1.03. The fraction of sp³-hybridized carbons (Fsp3) is 0.562. The van der Waals surface area contributed by atoms with Crippen LogP contribution in [0.3, 0.4) is 0 Å². The number of nitrogens with zero attached hydrogens (tertiary/aromatic N) is 2. The molecule has 1 amide bonds. The zero-order chi connectivity index (χ0) is 15.2. The molecule has 2 heterocycles. The Morgan fingerprint density at radius 1 is 1.43 bits per heavy atom. The van der Waals surface area contributed by atoms with Crippen LogP contribution in [0.2, 0.25) is 0 Å². The lowest BCUT2D eigenvalue weighted by Crippen LogP contribution is -2.30. The molecule has 1 aromatic rings. The number of aromatic nitrogens is 1. The molecule has 1 aromatic heterocycles. The fourth-order valence-electron chi connectivity index (χ4n) is 2.97. The van der Waals surface area contributed by atoms with Gasteiger partial charge in [-0.1, -0.05) is 19.4 Å². The first-order valence-corrected chi connectivity index (χ1v) is 7.51. The normalized spacial score (nSPS) is 21.5. The Bertz CT molecular complexity index is 490. The lowest BCUT2D eigenvalue weighted by molar-refractivity contribution is -0.142. The number of pyridine rings is 1. The van der Waals surface area contributed by atoms with Gasteiger partial charge in [0.25, 0.3) is 0 Å². The predicted molar refractivity (Wildman–Crippen MR) is 78.7 cm³/mol. The van der Waals surface area contributed by atoms with Crippen molar-refractivity contribution >= 4 is 11.9 Å². The quantitative estimate of drug-likeness (QED) is 0.869. The van der Waals surface area contributed by atoms with E-state index in [0.29, 0.717) is 25.9 Å². The molecule has 0 saturated carbocycles. The highest BCUT2D eigenvalue weighted by Crippen LogP contribution is 2.28. The van der Waals surface area contributed by atoms with Crippen molar-refractivity contribution in [3.05, 3.63) is 30.1 Å². The molecule has 0 aromatic carbocycles. The Hall–Kier alpha value is -1.91. The Morgan fingerprint density at radius 3 is 2.86 bits per heavy atom. The average molecular weight is 290 g/mol. The summed E-state index contributed by atoms with van der Waals surface area (Å²) in [5.74, 6) is -1.05. The number of hydrogen-bond donors (Lipinski definition) is 1. The smallest absolute Gasteiger partial charge is 0.308 e. The van der Waals surface area contributed by atoms with Crippen LogP contribution in [0.15, 0.2) is 24.5 Å². The third-order valence-corrected chi connectivity index (χ3v) is 4.12. The van der Waals surface area contributed by atoms with Crippen molar-refractivity contribution in [2.75, 3.05) is 13.1 Å². The maximum Gasteiger partial charge on any atom is 0.308 e. The molecule has 1 aliphatic rings. The molecule has 1 fully saturated rings. The van der Waals surface area contributed by atoms with Gasteiger partial charge in [0.2, 0.25) is 5.91 Å². The minimum Gasteiger partial charge on any atom is -0.481 e. The lowest BCUT2D eigenvalue weighted by Gasteiger charge is -2.16. The van der Waals surface area contributed by atoms with Crippen LogP contribution >= 0.6 is 0 Å². The van der Waals surface area contributed by atoms with Crippen LogP contribution in [0.5, 0.6) is 0 Å². The third kappa shape index (κ3) is 4.03. The van der Waals surface area contributed by atoms with E-state index in [-0.39, 0.29) is 11.8 Å². The van der Waals surface area contributed by atoms with Gasteiger partial charge in [-0.05, 0) is 30.4 Å². The Morgan fingerprint density at radius 2 is 2.24 bits per heavy atom. The van der Waals surface area contributed by atoms with E-state index in [1.807, 2.05) is 19.1 Å². The van der Waals surface area contributed by atoms with Gasteiger partial charge in [-0.25, -0.2) is 0 Å². The van der Waals surface area contributed by atoms with E-state index >= 15 is 0 Å². The van der Waals surface area contributed by atoms with Crippen LogP contribution in [0.25, 0.3) is 0 Å². The Labute approximate surface area is 125 Å². The predicted octanol–water partition coefficient (Wildman–Crippen LogP) is 1.97. The van der Waals surface area contributed by atoms with Gasteiger partial charge in [0.15, 0.2) is 0 Å². The van der Waals surface area contributed by atoms with Crippen LogP contribution in [-0.2, 0) is 16.0 Å². The van der Waals surface area contributed by atoms with E-state index in [2.05, 4.69) is 4.98 Å². The highest BCUT2D eigenvalue weighted by molar-refractivity contribution is 5.79. The van der Waals surface area contributed by atoms with E-state index in [0.717, 1.165) is 18.4 Å². The topological polar surface area (TPSA) is 70.5 Å². The molecule has 1 aliphatic heterocycles. The largest absolute Gasteiger partial charge is 0.481 e.